The van der Waals surface area contributed by atoms with Gasteiger partial charge in [-0.25, -0.2) is 0 Å². The van der Waals surface area contributed by atoms with Crippen LogP contribution < -0.4 is 0 Å². The highest BCUT2D eigenvalue weighted by molar-refractivity contribution is 5.71. The molecule has 118 valence electrons. The van der Waals surface area contributed by atoms with Gasteiger partial charge in [0.05, 0.1) is 11.8 Å². The second-order valence-electron chi connectivity index (χ2n) is 5.95. The van der Waals surface area contributed by atoms with Gasteiger partial charge in [0.1, 0.15) is 6.10 Å². The van der Waals surface area contributed by atoms with Gasteiger partial charge in [0.15, 0.2) is 0 Å². The summed E-state index contributed by atoms with van der Waals surface area (Å²) in [6, 6.07) is 0. The number of aromatic nitrogens is 2. The summed E-state index contributed by atoms with van der Waals surface area (Å²) in [6.45, 7) is 6.58. The molecule has 0 aromatic carbocycles. The average molecular weight is 296 g/mol. The van der Waals surface area contributed by atoms with Gasteiger partial charge in [-0.3, -0.25) is 4.79 Å². The highest BCUT2D eigenvalue weighted by atomic mass is 16.5. The Labute approximate surface area is 124 Å². The van der Waals surface area contributed by atoms with Gasteiger partial charge in [-0.05, 0) is 25.7 Å². The molecule has 6 nitrogen and oxygen atoms in total. The maximum Gasteiger partial charge on any atom is 0.307 e. The molecule has 0 aliphatic heterocycles. The third-order valence-corrected chi connectivity index (χ3v) is 4.06. The SMILES string of the molecule is CCOC(c1noc(C2CCCCC2C(=O)O)n1)C(C)C. The van der Waals surface area contributed by atoms with Crippen molar-refractivity contribution in [3.63, 3.8) is 0 Å². The molecule has 0 saturated heterocycles. The first-order chi connectivity index (χ1) is 10.0. The normalized spacial score (nSPS) is 24.2. The zero-order chi connectivity index (χ0) is 15.4. The summed E-state index contributed by atoms with van der Waals surface area (Å²) < 4.78 is 11.0. The van der Waals surface area contributed by atoms with E-state index < -0.39 is 11.9 Å². The van der Waals surface area contributed by atoms with Crippen molar-refractivity contribution in [3.05, 3.63) is 11.7 Å². The lowest BCUT2D eigenvalue weighted by atomic mass is 9.79. The number of carboxylic acid groups (broad SMARTS) is 1. The lowest BCUT2D eigenvalue weighted by Crippen LogP contribution is -2.25. The van der Waals surface area contributed by atoms with Gasteiger partial charge in [-0.2, -0.15) is 4.98 Å². The third kappa shape index (κ3) is 3.61. The van der Waals surface area contributed by atoms with E-state index in [1.165, 1.54) is 0 Å². The Morgan fingerprint density at radius 2 is 2.14 bits per heavy atom. The van der Waals surface area contributed by atoms with Gasteiger partial charge in [0.25, 0.3) is 0 Å². The molecule has 1 aliphatic carbocycles. The molecule has 0 radical (unpaired) electrons. The molecule has 2 rings (SSSR count). The van der Waals surface area contributed by atoms with E-state index in [-0.39, 0.29) is 17.9 Å². The fourth-order valence-electron chi connectivity index (χ4n) is 2.98. The van der Waals surface area contributed by atoms with E-state index in [0.717, 1.165) is 19.3 Å². The summed E-state index contributed by atoms with van der Waals surface area (Å²) in [4.78, 5) is 15.8. The number of carboxylic acids is 1. The van der Waals surface area contributed by atoms with Crippen molar-refractivity contribution in [2.75, 3.05) is 6.61 Å². The lowest BCUT2D eigenvalue weighted by molar-refractivity contribution is -0.143. The van der Waals surface area contributed by atoms with Crippen molar-refractivity contribution in [1.29, 1.82) is 0 Å². The van der Waals surface area contributed by atoms with Crippen LogP contribution in [0.1, 0.15) is 70.2 Å². The third-order valence-electron chi connectivity index (χ3n) is 4.06. The van der Waals surface area contributed by atoms with Gasteiger partial charge in [0.2, 0.25) is 11.7 Å². The smallest absolute Gasteiger partial charge is 0.307 e. The zero-order valence-electron chi connectivity index (χ0n) is 12.9. The maximum atomic E-state index is 11.4. The number of carbonyl (C=O) groups is 1. The van der Waals surface area contributed by atoms with Crippen molar-refractivity contribution < 1.29 is 19.2 Å². The van der Waals surface area contributed by atoms with Crippen molar-refractivity contribution in [2.24, 2.45) is 11.8 Å². The minimum Gasteiger partial charge on any atom is -0.481 e. The summed E-state index contributed by atoms with van der Waals surface area (Å²) in [5.41, 5.74) is 0. The summed E-state index contributed by atoms with van der Waals surface area (Å²) in [7, 11) is 0. The van der Waals surface area contributed by atoms with E-state index in [1.807, 2.05) is 20.8 Å². The van der Waals surface area contributed by atoms with Crippen LogP contribution in [0.15, 0.2) is 4.52 Å². The number of rotatable bonds is 6. The Hall–Kier alpha value is -1.43. The van der Waals surface area contributed by atoms with Crippen LogP contribution in [0.25, 0.3) is 0 Å². The van der Waals surface area contributed by atoms with E-state index in [4.69, 9.17) is 9.26 Å². The molecule has 1 heterocycles. The fourth-order valence-corrected chi connectivity index (χ4v) is 2.98. The number of ether oxygens (including phenoxy) is 1. The predicted octanol–water partition coefficient (Wildman–Crippen LogP) is 3.16. The van der Waals surface area contributed by atoms with Gasteiger partial charge < -0.3 is 14.4 Å². The molecule has 1 N–H and O–H groups in total. The van der Waals surface area contributed by atoms with Gasteiger partial charge in [0, 0.05) is 6.61 Å². The molecule has 3 unspecified atom stereocenters. The van der Waals surface area contributed by atoms with E-state index in [1.54, 1.807) is 0 Å². The Morgan fingerprint density at radius 1 is 1.43 bits per heavy atom. The standard InChI is InChI=1S/C15H24N2O4/c1-4-20-12(9(2)3)13-16-14(21-17-13)10-7-5-6-8-11(10)15(18)19/h9-12H,4-8H2,1-3H3,(H,18,19). The van der Waals surface area contributed by atoms with Crippen LogP contribution in [0, 0.1) is 11.8 Å². The minimum absolute atomic E-state index is 0.174. The molecule has 0 amide bonds. The highest BCUT2D eigenvalue weighted by Gasteiger charge is 2.36. The molecule has 1 aromatic heterocycles. The van der Waals surface area contributed by atoms with Crippen molar-refractivity contribution in [1.82, 2.24) is 10.1 Å². The predicted molar refractivity (Wildman–Crippen MR) is 75.8 cm³/mol. The van der Waals surface area contributed by atoms with E-state index in [9.17, 15) is 9.90 Å². The van der Waals surface area contributed by atoms with Crippen molar-refractivity contribution in [2.45, 2.75) is 58.5 Å². The second-order valence-corrected chi connectivity index (χ2v) is 5.95. The monoisotopic (exact) mass is 296 g/mol. The highest BCUT2D eigenvalue weighted by Crippen LogP contribution is 2.38. The van der Waals surface area contributed by atoms with Crippen molar-refractivity contribution in [3.8, 4) is 0 Å². The van der Waals surface area contributed by atoms with E-state index in [2.05, 4.69) is 10.1 Å². The molecule has 3 atom stereocenters. The van der Waals surface area contributed by atoms with Crippen LogP contribution in [0.3, 0.4) is 0 Å². The molecule has 1 fully saturated rings. The van der Waals surface area contributed by atoms with Crippen LogP contribution in [0.5, 0.6) is 0 Å². The molecular formula is C15H24N2O4. The van der Waals surface area contributed by atoms with Gasteiger partial charge >= 0.3 is 5.97 Å². The fraction of sp³-hybridized carbons (Fsp3) is 0.800. The van der Waals surface area contributed by atoms with E-state index >= 15 is 0 Å². The summed E-state index contributed by atoms with van der Waals surface area (Å²) in [6.07, 6.45) is 3.21. The first kappa shape index (κ1) is 15.9. The minimum atomic E-state index is -0.773. The van der Waals surface area contributed by atoms with Crippen LogP contribution in [-0.2, 0) is 9.53 Å². The van der Waals surface area contributed by atoms with Gasteiger partial charge in [-0.1, -0.05) is 31.8 Å². The number of aliphatic carboxylic acids is 1. The summed E-state index contributed by atoms with van der Waals surface area (Å²) >= 11 is 0. The molecule has 1 aliphatic rings. The maximum absolute atomic E-state index is 11.4. The molecule has 0 spiro atoms. The first-order valence-electron chi connectivity index (χ1n) is 7.72. The Bertz CT molecular complexity index is 472. The lowest BCUT2D eigenvalue weighted by Gasteiger charge is -2.25. The zero-order valence-corrected chi connectivity index (χ0v) is 12.9. The van der Waals surface area contributed by atoms with Crippen LogP contribution in [-0.4, -0.2) is 27.8 Å². The molecule has 0 bridgehead atoms. The quantitative estimate of drug-likeness (QED) is 0.867. The van der Waals surface area contributed by atoms with Crippen LogP contribution in [0.2, 0.25) is 0 Å². The average Bonchev–Trinajstić information content (AvgIpc) is 2.93. The van der Waals surface area contributed by atoms with Crippen LogP contribution >= 0.6 is 0 Å². The topological polar surface area (TPSA) is 85.5 Å². The number of hydrogen-bond donors (Lipinski definition) is 1. The Morgan fingerprint density at radius 3 is 2.76 bits per heavy atom. The Balaban J connectivity index is 2.19. The van der Waals surface area contributed by atoms with Gasteiger partial charge in [-0.15, -0.1) is 0 Å². The molecule has 1 aromatic rings. The summed E-state index contributed by atoms with van der Waals surface area (Å²) in [5.74, 6) is -0.163. The number of nitrogens with zero attached hydrogens (tertiary/aromatic N) is 2. The number of hydrogen-bond acceptors (Lipinski definition) is 5. The second kappa shape index (κ2) is 7.02. The largest absolute Gasteiger partial charge is 0.481 e. The molecule has 1 saturated carbocycles. The van der Waals surface area contributed by atoms with E-state index in [0.29, 0.717) is 24.7 Å². The molecule has 21 heavy (non-hydrogen) atoms. The first-order valence-corrected chi connectivity index (χ1v) is 7.72. The molecular weight excluding hydrogens is 272 g/mol. The molecule has 6 heteroatoms. The Kier molecular flexibility index (Phi) is 5.33. The van der Waals surface area contributed by atoms with Crippen LogP contribution in [0.4, 0.5) is 0 Å². The summed E-state index contributed by atoms with van der Waals surface area (Å²) in [5, 5.41) is 13.4. The van der Waals surface area contributed by atoms with Crippen molar-refractivity contribution >= 4 is 5.97 Å².